The Labute approximate surface area is 108 Å². The maximum Gasteiger partial charge on any atom is 0.0318 e. The van der Waals surface area contributed by atoms with Crippen LogP contribution in [-0.4, -0.2) is 7.05 Å². The summed E-state index contributed by atoms with van der Waals surface area (Å²) in [4.78, 5) is 0. The fourth-order valence-corrected chi connectivity index (χ4v) is 2.20. The van der Waals surface area contributed by atoms with E-state index in [0.717, 1.165) is 4.47 Å². The second-order valence-electron chi connectivity index (χ2n) is 5.50. The summed E-state index contributed by atoms with van der Waals surface area (Å²) in [6.45, 7) is 6.88. The molecule has 1 rings (SSSR count). The minimum Gasteiger partial charge on any atom is -0.313 e. The third kappa shape index (κ3) is 4.67. The Morgan fingerprint density at radius 3 is 2.50 bits per heavy atom. The van der Waals surface area contributed by atoms with Crippen LogP contribution >= 0.6 is 15.9 Å². The molecule has 1 nitrogen and oxygen atoms in total. The Morgan fingerprint density at radius 2 is 2.00 bits per heavy atom. The first-order valence-corrected chi connectivity index (χ1v) is 6.64. The van der Waals surface area contributed by atoms with Crippen LogP contribution in [-0.2, 0) is 0 Å². The number of rotatable bonds is 4. The van der Waals surface area contributed by atoms with Crippen molar-refractivity contribution in [1.29, 1.82) is 0 Å². The number of nitrogens with one attached hydrogen (secondary N) is 1. The molecule has 0 aliphatic rings. The third-order valence-corrected chi connectivity index (χ3v) is 3.28. The van der Waals surface area contributed by atoms with Crippen LogP contribution in [0.1, 0.15) is 45.2 Å². The zero-order chi connectivity index (χ0) is 12.2. The molecule has 90 valence electrons. The van der Waals surface area contributed by atoms with Gasteiger partial charge >= 0.3 is 0 Å². The summed E-state index contributed by atoms with van der Waals surface area (Å²) in [5.41, 5.74) is 1.77. The minimum absolute atomic E-state index is 0.404. The van der Waals surface area contributed by atoms with Gasteiger partial charge in [-0.25, -0.2) is 0 Å². The first-order valence-electron chi connectivity index (χ1n) is 5.85. The smallest absolute Gasteiger partial charge is 0.0318 e. The van der Waals surface area contributed by atoms with Crippen LogP contribution in [0.4, 0.5) is 0 Å². The molecule has 1 aromatic rings. The molecule has 0 saturated heterocycles. The lowest BCUT2D eigenvalue weighted by molar-refractivity contribution is 0.338. The molecule has 0 saturated carbocycles. The molecule has 0 aliphatic heterocycles. The van der Waals surface area contributed by atoms with E-state index in [1.165, 1.54) is 18.4 Å². The number of halogens is 1. The topological polar surface area (TPSA) is 12.0 Å². The maximum atomic E-state index is 3.52. The highest BCUT2D eigenvalue weighted by Crippen LogP contribution is 2.28. The van der Waals surface area contributed by atoms with Crippen LogP contribution in [0.2, 0.25) is 0 Å². The van der Waals surface area contributed by atoms with E-state index in [1.54, 1.807) is 0 Å². The average molecular weight is 284 g/mol. The van der Waals surface area contributed by atoms with E-state index in [1.807, 2.05) is 7.05 Å². The Bertz CT molecular complexity index is 328. The van der Waals surface area contributed by atoms with Crippen LogP contribution in [0.5, 0.6) is 0 Å². The summed E-state index contributed by atoms with van der Waals surface area (Å²) in [5.74, 6) is 0. The zero-order valence-electron chi connectivity index (χ0n) is 10.7. The molecule has 1 N–H and O–H groups in total. The van der Waals surface area contributed by atoms with Crippen molar-refractivity contribution in [3.63, 3.8) is 0 Å². The van der Waals surface area contributed by atoms with Gasteiger partial charge in [-0.3, -0.25) is 0 Å². The summed E-state index contributed by atoms with van der Waals surface area (Å²) >= 11 is 3.52. The highest BCUT2D eigenvalue weighted by molar-refractivity contribution is 9.10. The van der Waals surface area contributed by atoms with E-state index >= 15 is 0 Å². The monoisotopic (exact) mass is 283 g/mol. The molecule has 0 aromatic heterocycles. The average Bonchev–Trinajstić information content (AvgIpc) is 2.17. The van der Waals surface area contributed by atoms with Gasteiger partial charge in [-0.05, 0) is 43.0 Å². The van der Waals surface area contributed by atoms with Crippen molar-refractivity contribution < 1.29 is 0 Å². The van der Waals surface area contributed by atoms with Crippen LogP contribution < -0.4 is 5.32 Å². The molecule has 1 atom stereocenters. The molecule has 1 aromatic carbocycles. The van der Waals surface area contributed by atoms with Crippen molar-refractivity contribution in [1.82, 2.24) is 5.32 Å². The summed E-state index contributed by atoms with van der Waals surface area (Å²) < 4.78 is 1.15. The molecule has 0 bridgehead atoms. The normalized spacial score (nSPS) is 13.8. The predicted molar refractivity (Wildman–Crippen MR) is 74.6 cm³/mol. The fraction of sp³-hybridized carbons (Fsp3) is 0.571. The van der Waals surface area contributed by atoms with E-state index in [2.05, 4.69) is 66.3 Å². The summed E-state index contributed by atoms with van der Waals surface area (Å²) in [6, 6.07) is 9.01. The highest BCUT2D eigenvalue weighted by Gasteiger charge is 2.15. The second kappa shape index (κ2) is 5.83. The first kappa shape index (κ1) is 13.7. The number of benzene rings is 1. The third-order valence-electron chi connectivity index (χ3n) is 2.78. The molecular formula is C14H22BrN. The Morgan fingerprint density at radius 1 is 1.31 bits per heavy atom. The molecule has 0 amide bonds. The summed E-state index contributed by atoms with van der Waals surface area (Å²) in [7, 11) is 2.04. The van der Waals surface area contributed by atoms with Crippen molar-refractivity contribution in [2.75, 3.05) is 7.05 Å². The van der Waals surface area contributed by atoms with Gasteiger partial charge in [0.05, 0.1) is 0 Å². The molecular weight excluding hydrogens is 262 g/mol. The Balaban J connectivity index is 2.68. The molecule has 0 heterocycles. The van der Waals surface area contributed by atoms with Crippen LogP contribution in [0.15, 0.2) is 28.7 Å². The molecule has 0 radical (unpaired) electrons. The van der Waals surface area contributed by atoms with Gasteiger partial charge in [0.25, 0.3) is 0 Å². The molecule has 0 fully saturated rings. The van der Waals surface area contributed by atoms with E-state index in [-0.39, 0.29) is 0 Å². The molecule has 16 heavy (non-hydrogen) atoms. The maximum absolute atomic E-state index is 3.52. The van der Waals surface area contributed by atoms with Crippen molar-refractivity contribution in [2.24, 2.45) is 5.41 Å². The van der Waals surface area contributed by atoms with Gasteiger partial charge < -0.3 is 5.32 Å². The second-order valence-corrected chi connectivity index (χ2v) is 6.41. The molecule has 0 aliphatic carbocycles. The van der Waals surface area contributed by atoms with Crippen molar-refractivity contribution >= 4 is 15.9 Å². The Hall–Kier alpha value is -0.340. The lowest BCUT2D eigenvalue weighted by atomic mass is 9.87. The zero-order valence-corrected chi connectivity index (χ0v) is 12.3. The summed E-state index contributed by atoms with van der Waals surface area (Å²) in [5, 5.41) is 3.40. The van der Waals surface area contributed by atoms with Crippen molar-refractivity contribution in [3.05, 3.63) is 34.3 Å². The number of hydrogen-bond donors (Lipinski definition) is 1. The van der Waals surface area contributed by atoms with Gasteiger partial charge in [-0.2, -0.15) is 0 Å². The van der Waals surface area contributed by atoms with Gasteiger partial charge in [-0.15, -0.1) is 0 Å². The minimum atomic E-state index is 0.404. The quantitative estimate of drug-likeness (QED) is 0.856. The van der Waals surface area contributed by atoms with E-state index in [4.69, 9.17) is 0 Å². The lowest BCUT2D eigenvalue weighted by Gasteiger charge is -2.23. The SMILES string of the molecule is CNC(CCC(C)(C)C)c1cccc(Br)c1. The molecule has 2 heteroatoms. The molecule has 0 spiro atoms. The first-order chi connectivity index (χ1) is 7.42. The summed E-state index contributed by atoms with van der Waals surface area (Å²) in [6.07, 6.45) is 2.40. The van der Waals surface area contributed by atoms with Gasteiger partial charge in [-0.1, -0.05) is 48.8 Å². The van der Waals surface area contributed by atoms with Crippen LogP contribution in [0.25, 0.3) is 0 Å². The van der Waals surface area contributed by atoms with Gasteiger partial charge in [0.15, 0.2) is 0 Å². The van der Waals surface area contributed by atoms with E-state index < -0.39 is 0 Å². The van der Waals surface area contributed by atoms with Gasteiger partial charge in [0.1, 0.15) is 0 Å². The van der Waals surface area contributed by atoms with Gasteiger partial charge in [0, 0.05) is 10.5 Å². The Kier molecular flexibility index (Phi) is 5.00. The van der Waals surface area contributed by atoms with Crippen molar-refractivity contribution in [2.45, 2.75) is 39.7 Å². The largest absolute Gasteiger partial charge is 0.313 e. The van der Waals surface area contributed by atoms with Gasteiger partial charge in [0.2, 0.25) is 0 Å². The van der Waals surface area contributed by atoms with Crippen LogP contribution in [0.3, 0.4) is 0 Å². The lowest BCUT2D eigenvalue weighted by Crippen LogP contribution is -2.18. The predicted octanol–water partition coefficient (Wildman–Crippen LogP) is 4.54. The standard InChI is InChI=1S/C14H22BrN/c1-14(2,3)9-8-13(16-4)11-6-5-7-12(15)10-11/h5-7,10,13,16H,8-9H2,1-4H3. The molecule has 1 unspecified atom stereocenters. The number of hydrogen-bond acceptors (Lipinski definition) is 1. The fourth-order valence-electron chi connectivity index (χ4n) is 1.78. The van der Waals surface area contributed by atoms with E-state index in [0.29, 0.717) is 11.5 Å². The van der Waals surface area contributed by atoms with E-state index in [9.17, 15) is 0 Å². The highest BCUT2D eigenvalue weighted by atomic mass is 79.9. The van der Waals surface area contributed by atoms with Crippen molar-refractivity contribution in [3.8, 4) is 0 Å². The van der Waals surface area contributed by atoms with Crippen LogP contribution in [0, 0.1) is 5.41 Å².